The number of phenols is 1. The van der Waals surface area contributed by atoms with E-state index in [4.69, 9.17) is 19.8 Å². The van der Waals surface area contributed by atoms with Gasteiger partial charge in [-0.1, -0.05) is 6.07 Å². The highest BCUT2D eigenvalue weighted by molar-refractivity contribution is 6.17. The van der Waals surface area contributed by atoms with Crippen LogP contribution in [0.2, 0.25) is 0 Å². The Labute approximate surface area is 268 Å². The van der Waals surface area contributed by atoms with E-state index in [9.17, 15) is 13.9 Å². The van der Waals surface area contributed by atoms with Crippen LogP contribution in [0.25, 0.3) is 43.7 Å². The van der Waals surface area contributed by atoms with E-state index in [1.54, 1.807) is 4.68 Å². The molecule has 0 aliphatic carbocycles. The van der Waals surface area contributed by atoms with Crippen LogP contribution in [0.1, 0.15) is 32.1 Å². The number of ether oxygens (including phenoxy) is 1. The van der Waals surface area contributed by atoms with Crippen LogP contribution in [0.5, 0.6) is 11.8 Å². The molecule has 9 rings (SSSR count). The predicted molar refractivity (Wildman–Crippen MR) is 173 cm³/mol. The van der Waals surface area contributed by atoms with Crippen molar-refractivity contribution < 1.29 is 23.0 Å². The van der Waals surface area contributed by atoms with Gasteiger partial charge in [-0.2, -0.15) is 15.1 Å². The average molecular weight is 642 g/mol. The SMILES string of the molecule is Cn1cc2c(n1)c(-c1cc(O)cc3ccc(F)c(F)c13)cc1nc(OC[C@@]34CCCN3C/C(=C\F)C4)nc(N3C[C@H]4CC[C@@H](C3)N4)c12. The summed E-state index contributed by atoms with van der Waals surface area (Å²) in [6.07, 6.45) is 7.34. The molecule has 4 fully saturated rings. The van der Waals surface area contributed by atoms with Crippen molar-refractivity contribution in [2.75, 3.05) is 37.7 Å². The van der Waals surface area contributed by atoms with Crippen molar-refractivity contribution in [3.63, 3.8) is 0 Å². The van der Waals surface area contributed by atoms with Crippen LogP contribution in [0, 0.1) is 11.6 Å². The van der Waals surface area contributed by atoms with Crippen molar-refractivity contribution in [2.24, 2.45) is 7.05 Å². The molecule has 47 heavy (non-hydrogen) atoms. The Balaban J connectivity index is 1.25. The maximum atomic E-state index is 15.5. The Kier molecular flexibility index (Phi) is 6.46. The molecule has 0 amide bonds. The maximum absolute atomic E-state index is 15.5. The molecule has 3 atom stereocenters. The van der Waals surface area contributed by atoms with Gasteiger partial charge in [-0.25, -0.2) is 13.2 Å². The van der Waals surface area contributed by atoms with Crippen molar-refractivity contribution in [1.82, 2.24) is 30.0 Å². The third-order valence-corrected chi connectivity index (χ3v) is 10.6. The van der Waals surface area contributed by atoms with Crippen LogP contribution in [-0.2, 0) is 7.05 Å². The Bertz CT molecular complexity index is 2120. The molecule has 9 nitrogen and oxygen atoms in total. The fourth-order valence-electron chi connectivity index (χ4n) is 8.60. The normalized spacial score (nSPS) is 25.2. The molecule has 2 bridgehead atoms. The number of nitrogens with one attached hydrogen (secondary N) is 1. The summed E-state index contributed by atoms with van der Waals surface area (Å²) < 4.78 is 51.8. The first-order valence-electron chi connectivity index (χ1n) is 16.2. The predicted octanol–water partition coefficient (Wildman–Crippen LogP) is 5.73. The first kappa shape index (κ1) is 28.8. The number of hydrogen-bond acceptors (Lipinski definition) is 8. The van der Waals surface area contributed by atoms with Crippen LogP contribution in [0.15, 0.2) is 48.4 Å². The minimum Gasteiger partial charge on any atom is -0.508 e. The second-order valence-electron chi connectivity index (χ2n) is 13.7. The molecule has 4 aliphatic heterocycles. The summed E-state index contributed by atoms with van der Waals surface area (Å²) in [5.41, 5.74) is 2.41. The van der Waals surface area contributed by atoms with Gasteiger partial charge < -0.3 is 20.1 Å². The summed E-state index contributed by atoms with van der Waals surface area (Å²) in [4.78, 5) is 14.6. The summed E-state index contributed by atoms with van der Waals surface area (Å²) in [7, 11) is 1.81. The third-order valence-electron chi connectivity index (χ3n) is 10.6. The van der Waals surface area contributed by atoms with E-state index in [2.05, 4.69) is 15.1 Å². The van der Waals surface area contributed by atoms with Gasteiger partial charge in [0, 0.05) is 61.3 Å². The number of aromatic hydroxyl groups is 1. The lowest BCUT2D eigenvalue weighted by atomic mass is 9.94. The minimum absolute atomic E-state index is 0.0527. The number of rotatable bonds is 5. The highest BCUT2D eigenvalue weighted by Gasteiger charge is 2.47. The van der Waals surface area contributed by atoms with Crippen molar-refractivity contribution in [1.29, 1.82) is 0 Å². The molecule has 2 aromatic heterocycles. The highest BCUT2D eigenvalue weighted by Crippen LogP contribution is 2.44. The van der Waals surface area contributed by atoms with Gasteiger partial charge in [-0.05, 0) is 79.4 Å². The van der Waals surface area contributed by atoms with E-state index in [1.165, 1.54) is 18.2 Å². The largest absolute Gasteiger partial charge is 0.508 e. The number of halogens is 3. The molecule has 4 aliphatic rings. The summed E-state index contributed by atoms with van der Waals surface area (Å²) >= 11 is 0. The smallest absolute Gasteiger partial charge is 0.319 e. The van der Waals surface area contributed by atoms with Gasteiger partial charge in [0.1, 0.15) is 23.7 Å². The summed E-state index contributed by atoms with van der Waals surface area (Å²) in [5, 5.41) is 21.1. The van der Waals surface area contributed by atoms with Gasteiger partial charge in [-0.15, -0.1) is 0 Å². The summed E-state index contributed by atoms with van der Waals surface area (Å²) in [6.45, 7) is 3.37. The van der Waals surface area contributed by atoms with E-state index in [0.717, 1.165) is 79.9 Å². The first-order valence-corrected chi connectivity index (χ1v) is 16.2. The fraction of sp³-hybridized carbons (Fsp3) is 0.400. The second-order valence-corrected chi connectivity index (χ2v) is 13.7. The first-order chi connectivity index (χ1) is 22.8. The Morgan fingerprint density at radius 2 is 1.91 bits per heavy atom. The molecule has 0 saturated carbocycles. The molecule has 6 heterocycles. The van der Waals surface area contributed by atoms with Gasteiger partial charge >= 0.3 is 6.01 Å². The van der Waals surface area contributed by atoms with Gasteiger partial charge in [0.25, 0.3) is 0 Å². The molecule has 242 valence electrons. The van der Waals surface area contributed by atoms with E-state index >= 15 is 4.39 Å². The molecule has 0 unspecified atom stereocenters. The topological polar surface area (TPSA) is 91.6 Å². The molecular weight excluding hydrogens is 607 g/mol. The third kappa shape index (κ3) is 4.56. The van der Waals surface area contributed by atoms with Gasteiger partial charge in [-0.3, -0.25) is 9.58 Å². The van der Waals surface area contributed by atoms with Crippen molar-refractivity contribution in [2.45, 2.75) is 49.7 Å². The monoisotopic (exact) mass is 641 g/mol. The summed E-state index contributed by atoms with van der Waals surface area (Å²) in [5.74, 6) is -1.31. The average Bonchev–Trinajstić information content (AvgIpc) is 3.82. The molecular formula is C35H34F3N7O2. The number of benzene rings is 3. The van der Waals surface area contributed by atoms with Crippen molar-refractivity contribution in [3.05, 3.63) is 60.1 Å². The van der Waals surface area contributed by atoms with Crippen molar-refractivity contribution >= 4 is 38.4 Å². The quantitative estimate of drug-likeness (QED) is 0.252. The number of piperazine rings is 1. The van der Waals surface area contributed by atoms with E-state index in [1.807, 2.05) is 19.3 Å². The number of aryl methyl sites for hydroxylation is 1. The van der Waals surface area contributed by atoms with E-state index in [0.29, 0.717) is 59.2 Å². The van der Waals surface area contributed by atoms with Crippen molar-refractivity contribution in [3.8, 4) is 22.9 Å². The fourth-order valence-corrected chi connectivity index (χ4v) is 8.60. The van der Waals surface area contributed by atoms with Crippen LogP contribution >= 0.6 is 0 Å². The number of aromatic nitrogens is 4. The molecule has 2 N–H and O–H groups in total. The van der Waals surface area contributed by atoms with Crippen LogP contribution < -0.4 is 15.0 Å². The Morgan fingerprint density at radius 3 is 2.72 bits per heavy atom. The number of hydrogen-bond donors (Lipinski definition) is 2. The Morgan fingerprint density at radius 1 is 1.09 bits per heavy atom. The second kappa shape index (κ2) is 10.5. The molecule has 0 spiro atoms. The molecule has 12 heteroatoms. The molecule has 3 aromatic carbocycles. The zero-order valence-electron chi connectivity index (χ0n) is 25.9. The van der Waals surface area contributed by atoms with Gasteiger partial charge in [0.2, 0.25) is 0 Å². The van der Waals surface area contributed by atoms with Gasteiger partial charge in [0.15, 0.2) is 11.6 Å². The number of phenolic OH excluding ortho intramolecular Hbond substituents is 1. The number of fused-ring (bicyclic) bond motifs is 7. The number of nitrogens with zero attached hydrogens (tertiary/aromatic N) is 6. The Hall–Kier alpha value is -4.42. The lowest BCUT2D eigenvalue weighted by molar-refractivity contribution is 0.108. The summed E-state index contributed by atoms with van der Waals surface area (Å²) in [6, 6.07) is 8.10. The minimum atomic E-state index is -0.996. The zero-order valence-corrected chi connectivity index (χ0v) is 25.9. The lowest BCUT2D eigenvalue weighted by Gasteiger charge is -2.35. The highest BCUT2D eigenvalue weighted by atomic mass is 19.2. The van der Waals surface area contributed by atoms with E-state index < -0.39 is 11.6 Å². The van der Waals surface area contributed by atoms with Crippen LogP contribution in [0.4, 0.5) is 19.0 Å². The molecule has 4 saturated heterocycles. The molecule has 0 radical (unpaired) electrons. The standard InChI is InChI=1S/C35H34F3N7O2/c1-43-17-26-30-28(11-25(32(26)42-43)24-10-23(46)9-20-3-6-27(37)31(38)29(20)24)40-34(41-33(30)44-15-21-4-5-22(16-44)39-21)47-18-35-7-2-8-45(35)14-19(12-35)13-36/h3,6,9-11,13,17,21-22,39,46H,2,4-5,7-8,12,14-16,18H2,1H3/b19-13-/t21-,22+,35-/m0/s1. The van der Waals surface area contributed by atoms with E-state index in [-0.39, 0.29) is 22.7 Å². The zero-order chi connectivity index (χ0) is 32.0. The van der Waals surface area contributed by atoms with Crippen LogP contribution in [0.3, 0.4) is 0 Å². The number of anilines is 1. The lowest BCUT2D eigenvalue weighted by Crippen LogP contribution is -2.51. The molecule has 5 aromatic rings. The van der Waals surface area contributed by atoms with Crippen LogP contribution in [-0.4, -0.2) is 80.2 Å². The maximum Gasteiger partial charge on any atom is 0.319 e. The van der Waals surface area contributed by atoms with Gasteiger partial charge in [0.05, 0.1) is 22.8 Å².